The lowest BCUT2D eigenvalue weighted by atomic mass is 10.0. The molecule has 0 heterocycles. The molecule has 0 aromatic heterocycles. The molecule has 1 aliphatic carbocycles. The van der Waals surface area contributed by atoms with E-state index in [0.717, 1.165) is 17.7 Å². The van der Waals surface area contributed by atoms with Gasteiger partial charge in [0.1, 0.15) is 0 Å². The van der Waals surface area contributed by atoms with Crippen LogP contribution in [0.25, 0.3) is 0 Å². The Morgan fingerprint density at radius 2 is 1.95 bits per heavy atom. The fraction of sp³-hybridized carbons (Fsp3) is 0.467. The number of anilines is 1. The van der Waals surface area contributed by atoms with E-state index >= 15 is 0 Å². The van der Waals surface area contributed by atoms with Gasteiger partial charge in [-0.2, -0.15) is 0 Å². The summed E-state index contributed by atoms with van der Waals surface area (Å²) in [6.45, 7) is 2.04. The maximum Gasteiger partial charge on any atom is 0.306 e. The lowest BCUT2D eigenvalue weighted by Gasteiger charge is -2.13. The van der Waals surface area contributed by atoms with E-state index in [1.165, 1.54) is 0 Å². The van der Waals surface area contributed by atoms with Crippen molar-refractivity contribution in [3.05, 3.63) is 29.8 Å². The Labute approximate surface area is 112 Å². The van der Waals surface area contributed by atoms with Crippen LogP contribution in [-0.2, 0) is 16.0 Å². The first-order valence-electron chi connectivity index (χ1n) is 6.73. The number of aryl methyl sites for hydroxylation is 1. The average Bonchev–Trinajstić information content (AvgIpc) is 2.89. The van der Waals surface area contributed by atoms with E-state index in [1.807, 2.05) is 31.2 Å². The number of benzene rings is 1. The number of para-hydroxylation sites is 1. The van der Waals surface area contributed by atoms with Crippen molar-refractivity contribution >= 4 is 17.6 Å². The van der Waals surface area contributed by atoms with Crippen LogP contribution in [0.3, 0.4) is 0 Å². The minimum absolute atomic E-state index is 0.0512. The summed E-state index contributed by atoms with van der Waals surface area (Å²) in [6.07, 6.45) is 2.58. The quantitative estimate of drug-likeness (QED) is 0.875. The van der Waals surface area contributed by atoms with E-state index in [-0.39, 0.29) is 17.7 Å². The van der Waals surface area contributed by atoms with Crippen LogP contribution in [0.5, 0.6) is 0 Å². The van der Waals surface area contributed by atoms with Crippen molar-refractivity contribution < 1.29 is 14.7 Å². The van der Waals surface area contributed by atoms with Crippen molar-refractivity contribution in [1.29, 1.82) is 0 Å². The topological polar surface area (TPSA) is 66.4 Å². The molecule has 19 heavy (non-hydrogen) atoms. The molecule has 2 rings (SSSR count). The molecule has 0 bridgehead atoms. The van der Waals surface area contributed by atoms with Gasteiger partial charge in [-0.05, 0) is 37.3 Å². The van der Waals surface area contributed by atoms with Crippen molar-refractivity contribution in [2.24, 2.45) is 11.8 Å². The van der Waals surface area contributed by atoms with Gasteiger partial charge >= 0.3 is 5.97 Å². The minimum atomic E-state index is -0.788. The molecular formula is C15H19NO3. The third-order valence-electron chi connectivity index (χ3n) is 3.81. The molecule has 0 aliphatic heterocycles. The predicted molar refractivity (Wildman–Crippen MR) is 72.9 cm³/mol. The lowest BCUT2D eigenvalue weighted by molar-refractivity contribution is -0.141. The van der Waals surface area contributed by atoms with Crippen LogP contribution in [0.15, 0.2) is 24.3 Å². The summed E-state index contributed by atoms with van der Waals surface area (Å²) in [5.74, 6) is -1.38. The zero-order chi connectivity index (χ0) is 13.8. The number of carbonyl (C=O) groups is 2. The molecular weight excluding hydrogens is 242 g/mol. The molecule has 1 aliphatic rings. The Kier molecular flexibility index (Phi) is 4.20. The van der Waals surface area contributed by atoms with Crippen molar-refractivity contribution in [2.45, 2.75) is 32.6 Å². The van der Waals surface area contributed by atoms with Crippen molar-refractivity contribution in [1.82, 2.24) is 0 Å². The van der Waals surface area contributed by atoms with Gasteiger partial charge in [-0.1, -0.05) is 25.1 Å². The molecule has 4 heteroatoms. The van der Waals surface area contributed by atoms with Crippen LogP contribution >= 0.6 is 0 Å². The maximum absolute atomic E-state index is 12.1. The Balaban J connectivity index is 2.00. The predicted octanol–water partition coefficient (Wildman–Crippen LogP) is 2.69. The second kappa shape index (κ2) is 5.87. The first kappa shape index (κ1) is 13.6. The molecule has 0 saturated heterocycles. The summed E-state index contributed by atoms with van der Waals surface area (Å²) in [7, 11) is 0. The largest absolute Gasteiger partial charge is 0.481 e. The highest BCUT2D eigenvalue weighted by atomic mass is 16.4. The molecule has 2 N–H and O–H groups in total. The van der Waals surface area contributed by atoms with Crippen molar-refractivity contribution in [3.8, 4) is 0 Å². The Bertz CT molecular complexity index is 484. The van der Waals surface area contributed by atoms with E-state index < -0.39 is 5.97 Å². The van der Waals surface area contributed by atoms with E-state index in [1.54, 1.807) is 0 Å². The fourth-order valence-corrected chi connectivity index (χ4v) is 2.63. The summed E-state index contributed by atoms with van der Waals surface area (Å²) < 4.78 is 0. The minimum Gasteiger partial charge on any atom is -0.481 e. The molecule has 1 aromatic carbocycles. The molecule has 4 nitrogen and oxygen atoms in total. The van der Waals surface area contributed by atoms with Crippen LogP contribution in [0.4, 0.5) is 5.69 Å². The second-order valence-corrected chi connectivity index (χ2v) is 5.05. The molecule has 2 atom stereocenters. The zero-order valence-corrected chi connectivity index (χ0v) is 11.1. The summed E-state index contributed by atoms with van der Waals surface area (Å²) >= 11 is 0. The number of hydrogen-bond donors (Lipinski definition) is 2. The van der Waals surface area contributed by atoms with Gasteiger partial charge in [0.15, 0.2) is 0 Å². The highest BCUT2D eigenvalue weighted by Gasteiger charge is 2.33. The molecule has 1 saturated carbocycles. The number of nitrogens with one attached hydrogen (secondary N) is 1. The van der Waals surface area contributed by atoms with Gasteiger partial charge in [0, 0.05) is 11.6 Å². The summed E-state index contributed by atoms with van der Waals surface area (Å²) in [5, 5.41) is 11.9. The normalized spacial score (nSPS) is 22.2. The molecule has 0 spiro atoms. The third-order valence-corrected chi connectivity index (χ3v) is 3.81. The Hall–Kier alpha value is -1.84. The number of hydrogen-bond acceptors (Lipinski definition) is 2. The lowest BCUT2D eigenvalue weighted by Crippen LogP contribution is -2.22. The van der Waals surface area contributed by atoms with Gasteiger partial charge in [-0.3, -0.25) is 9.59 Å². The van der Waals surface area contributed by atoms with E-state index in [0.29, 0.717) is 19.3 Å². The van der Waals surface area contributed by atoms with Crippen molar-refractivity contribution in [3.63, 3.8) is 0 Å². The number of amides is 1. The zero-order valence-electron chi connectivity index (χ0n) is 11.1. The van der Waals surface area contributed by atoms with Gasteiger partial charge in [-0.15, -0.1) is 0 Å². The maximum atomic E-state index is 12.1. The molecule has 1 amide bonds. The molecule has 0 radical (unpaired) electrons. The number of rotatable bonds is 4. The van der Waals surface area contributed by atoms with E-state index in [9.17, 15) is 9.59 Å². The molecule has 1 aromatic rings. The van der Waals surface area contributed by atoms with Crippen LogP contribution in [0.2, 0.25) is 0 Å². The molecule has 1 fully saturated rings. The smallest absolute Gasteiger partial charge is 0.306 e. The Morgan fingerprint density at radius 1 is 1.26 bits per heavy atom. The van der Waals surface area contributed by atoms with Gasteiger partial charge in [-0.25, -0.2) is 0 Å². The van der Waals surface area contributed by atoms with E-state index in [4.69, 9.17) is 5.11 Å². The van der Waals surface area contributed by atoms with Crippen molar-refractivity contribution in [2.75, 3.05) is 5.32 Å². The fourth-order valence-electron chi connectivity index (χ4n) is 2.63. The van der Waals surface area contributed by atoms with Crippen LogP contribution in [0, 0.1) is 11.8 Å². The highest BCUT2D eigenvalue weighted by Crippen LogP contribution is 2.32. The molecule has 0 unspecified atom stereocenters. The highest BCUT2D eigenvalue weighted by molar-refractivity contribution is 5.93. The summed E-state index contributed by atoms with van der Waals surface area (Å²) in [4.78, 5) is 23.0. The van der Waals surface area contributed by atoms with Crippen LogP contribution < -0.4 is 5.32 Å². The summed E-state index contributed by atoms with van der Waals surface area (Å²) in [6, 6.07) is 7.72. The monoisotopic (exact) mass is 261 g/mol. The van der Waals surface area contributed by atoms with Gasteiger partial charge in [0.05, 0.1) is 5.92 Å². The van der Waals surface area contributed by atoms with Gasteiger partial charge in [0.2, 0.25) is 5.91 Å². The second-order valence-electron chi connectivity index (χ2n) is 5.05. The number of carboxylic acid groups (broad SMARTS) is 1. The van der Waals surface area contributed by atoms with Gasteiger partial charge in [0.25, 0.3) is 0 Å². The van der Waals surface area contributed by atoms with Crippen LogP contribution in [0.1, 0.15) is 31.7 Å². The standard InChI is InChI=1S/C15H19NO3/c1-2-10-5-3-4-6-13(10)16-14(17)11-7-8-12(9-11)15(18)19/h3-6,11-12H,2,7-9H2,1H3,(H,16,17)(H,18,19)/t11-,12+/m1/s1. The SMILES string of the molecule is CCc1ccccc1NC(=O)[C@@H]1CC[C@H](C(=O)O)C1. The van der Waals surface area contributed by atoms with Gasteiger partial charge < -0.3 is 10.4 Å². The van der Waals surface area contributed by atoms with E-state index in [2.05, 4.69) is 5.32 Å². The number of aliphatic carboxylic acids is 1. The Morgan fingerprint density at radius 3 is 2.58 bits per heavy atom. The third kappa shape index (κ3) is 3.13. The van der Waals surface area contributed by atoms with Crippen LogP contribution in [-0.4, -0.2) is 17.0 Å². The summed E-state index contributed by atoms with van der Waals surface area (Å²) in [5.41, 5.74) is 1.94. The first-order chi connectivity index (χ1) is 9.11. The molecule has 102 valence electrons. The average molecular weight is 261 g/mol. The number of carbonyl (C=O) groups excluding carboxylic acids is 1. The number of carboxylic acids is 1. The first-order valence-corrected chi connectivity index (χ1v) is 6.73.